The maximum atomic E-state index is 11.9. The minimum atomic E-state index is 0.173. The summed E-state index contributed by atoms with van der Waals surface area (Å²) in [6.07, 6.45) is 1.44. The minimum Gasteiger partial charge on any atom is -0.287 e. The van der Waals surface area contributed by atoms with Gasteiger partial charge in [0.15, 0.2) is 5.12 Å². The predicted molar refractivity (Wildman–Crippen MR) is 81.0 cm³/mol. The molecule has 0 spiro atoms. The average Bonchev–Trinajstić information content (AvgIpc) is 2.77. The standard InChI is InChI=1S/C15H15N3OS/c1-3-7-13(19)20-14-10(2)16-15-17-11-8-5-4-6-9-12(11)18(14)15/h4-6,8-9H,3,7H2,1-2H3. The van der Waals surface area contributed by atoms with Gasteiger partial charge in [-0.1, -0.05) is 25.1 Å². The molecule has 1 aromatic carbocycles. The number of nitrogens with zero attached hydrogens (tertiary/aromatic N) is 3. The highest BCUT2D eigenvalue weighted by Gasteiger charge is 2.17. The van der Waals surface area contributed by atoms with Crippen LogP contribution in [0.4, 0.5) is 0 Å². The molecule has 0 bridgehead atoms. The largest absolute Gasteiger partial charge is 0.287 e. The summed E-state index contributed by atoms with van der Waals surface area (Å²) in [7, 11) is 0. The maximum absolute atomic E-state index is 11.9. The molecule has 102 valence electrons. The lowest BCUT2D eigenvalue weighted by molar-refractivity contribution is -0.111. The van der Waals surface area contributed by atoms with Crippen LogP contribution in [-0.2, 0) is 4.79 Å². The molecular weight excluding hydrogens is 270 g/mol. The smallest absolute Gasteiger partial charge is 0.236 e. The Bertz CT molecular complexity index is 794. The van der Waals surface area contributed by atoms with Crippen molar-refractivity contribution in [1.82, 2.24) is 14.4 Å². The van der Waals surface area contributed by atoms with E-state index in [4.69, 9.17) is 0 Å². The Morgan fingerprint density at radius 3 is 2.85 bits per heavy atom. The van der Waals surface area contributed by atoms with Gasteiger partial charge in [-0.3, -0.25) is 9.20 Å². The van der Waals surface area contributed by atoms with Crippen molar-refractivity contribution in [3.05, 3.63) is 36.0 Å². The summed E-state index contributed by atoms with van der Waals surface area (Å²) in [5.41, 5.74) is 2.73. The van der Waals surface area contributed by atoms with Crippen molar-refractivity contribution >= 4 is 33.7 Å². The molecule has 0 aliphatic rings. The average molecular weight is 285 g/mol. The van der Waals surface area contributed by atoms with E-state index in [2.05, 4.69) is 9.97 Å². The topological polar surface area (TPSA) is 47.3 Å². The Balaban J connectivity index is 2.20. The van der Waals surface area contributed by atoms with Crippen molar-refractivity contribution in [2.45, 2.75) is 31.7 Å². The van der Waals surface area contributed by atoms with Gasteiger partial charge in [-0.2, -0.15) is 0 Å². The van der Waals surface area contributed by atoms with Crippen LogP contribution in [-0.4, -0.2) is 19.5 Å². The van der Waals surface area contributed by atoms with Crippen LogP contribution >= 0.6 is 11.8 Å². The van der Waals surface area contributed by atoms with E-state index in [1.54, 1.807) is 0 Å². The third kappa shape index (κ3) is 2.18. The molecule has 20 heavy (non-hydrogen) atoms. The molecule has 2 aromatic heterocycles. The number of fused-ring (bicyclic) bond motifs is 3. The van der Waals surface area contributed by atoms with Gasteiger partial charge in [-0.15, -0.1) is 0 Å². The van der Waals surface area contributed by atoms with Crippen molar-refractivity contribution in [3.8, 4) is 0 Å². The molecule has 3 aromatic rings. The molecule has 0 atom stereocenters. The fraction of sp³-hybridized carbons (Fsp3) is 0.267. The molecule has 4 nitrogen and oxygen atoms in total. The molecule has 0 fully saturated rings. The van der Waals surface area contributed by atoms with Gasteiger partial charge in [0.05, 0.1) is 16.7 Å². The van der Waals surface area contributed by atoms with E-state index in [0.29, 0.717) is 12.2 Å². The number of aromatic nitrogens is 3. The van der Waals surface area contributed by atoms with E-state index in [-0.39, 0.29) is 5.12 Å². The maximum Gasteiger partial charge on any atom is 0.236 e. The zero-order valence-corrected chi connectivity index (χ0v) is 12.3. The van der Waals surface area contributed by atoms with Gasteiger partial charge >= 0.3 is 0 Å². The summed E-state index contributed by atoms with van der Waals surface area (Å²) >= 11 is 1.27. The normalized spacial score (nSPS) is 11.3. The van der Waals surface area contributed by atoms with E-state index >= 15 is 0 Å². The van der Waals surface area contributed by atoms with Gasteiger partial charge in [0, 0.05) is 6.42 Å². The van der Waals surface area contributed by atoms with Gasteiger partial charge in [0.2, 0.25) is 5.78 Å². The Morgan fingerprint density at radius 2 is 2.05 bits per heavy atom. The summed E-state index contributed by atoms with van der Waals surface area (Å²) in [5, 5.41) is 1.05. The monoisotopic (exact) mass is 285 g/mol. The number of hydrogen-bond acceptors (Lipinski definition) is 4. The Kier molecular flexibility index (Phi) is 3.44. The van der Waals surface area contributed by atoms with E-state index in [0.717, 1.165) is 28.2 Å². The predicted octanol–water partition coefficient (Wildman–Crippen LogP) is 3.61. The summed E-state index contributed by atoms with van der Waals surface area (Å²) in [6, 6.07) is 9.86. The van der Waals surface area contributed by atoms with Crippen molar-refractivity contribution in [3.63, 3.8) is 0 Å². The highest BCUT2D eigenvalue weighted by atomic mass is 32.2. The summed E-state index contributed by atoms with van der Waals surface area (Å²) in [4.78, 5) is 20.9. The van der Waals surface area contributed by atoms with Crippen LogP contribution in [0.2, 0.25) is 0 Å². The molecule has 0 amide bonds. The van der Waals surface area contributed by atoms with Crippen LogP contribution in [0, 0.1) is 6.92 Å². The summed E-state index contributed by atoms with van der Waals surface area (Å²) in [6.45, 7) is 3.93. The van der Waals surface area contributed by atoms with Gasteiger partial charge in [0.1, 0.15) is 5.03 Å². The number of imidazole rings is 2. The lowest BCUT2D eigenvalue weighted by Gasteiger charge is -2.00. The van der Waals surface area contributed by atoms with Crippen molar-refractivity contribution in [2.24, 2.45) is 0 Å². The SMILES string of the molecule is CCCC(=O)Sc1c(C)nc2nc3cccccc3n12. The number of hydrogen-bond donors (Lipinski definition) is 0. The van der Waals surface area contributed by atoms with Crippen LogP contribution < -0.4 is 0 Å². The first-order chi connectivity index (χ1) is 9.70. The first-order valence-corrected chi connectivity index (χ1v) is 7.47. The number of thioether (sulfide) groups is 1. The zero-order valence-electron chi connectivity index (χ0n) is 11.5. The van der Waals surface area contributed by atoms with Crippen LogP contribution in [0.5, 0.6) is 0 Å². The molecule has 3 rings (SSSR count). The fourth-order valence-corrected chi connectivity index (χ4v) is 3.18. The second-order valence-electron chi connectivity index (χ2n) is 4.65. The third-order valence-electron chi connectivity index (χ3n) is 3.10. The van der Waals surface area contributed by atoms with Crippen molar-refractivity contribution in [2.75, 3.05) is 0 Å². The van der Waals surface area contributed by atoms with E-state index in [9.17, 15) is 4.79 Å². The second-order valence-corrected chi connectivity index (χ2v) is 5.70. The molecular formula is C15H15N3OS. The van der Waals surface area contributed by atoms with E-state index in [1.807, 2.05) is 48.6 Å². The summed E-state index contributed by atoms with van der Waals surface area (Å²) in [5.74, 6) is 0.662. The molecule has 0 unspecified atom stereocenters. The molecule has 0 saturated heterocycles. The van der Waals surface area contributed by atoms with Crippen LogP contribution in [0.25, 0.3) is 16.8 Å². The Hall–Kier alpha value is -1.88. The van der Waals surface area contributed by atoms with Crippen molar-refractivity contribution < 1.29 is 4.79 Å². The van der Waals surface area contributed by atoms with Crippen LogP contribution in [0.15, 0.2) is 35.4 Å². The number of carbonyl (C=O) groups excluding carboxylic acids is 1. The van der Waals surface area contributed by atoms with Crippen molar-refractivity contribution in [1.29, 1.82) is 0 Å². The molecule has 5 heteroatoms. The van der Waals surface area contributed by atoms with Gasteiger partial charge < -0.3 is 0 Å². The zero-order chi connectivity index (χ0) is 14.1. The lowest BCUT2D eigenvalue weighted by atomic mass is 10.4. The minimum absolute atomic E-state index is 0.173. The van der Waals surface area contributed by atoms with E-state index < -0.39 is 0 Å². The van der Waals surface area contributed by atoms with Gasteiger partial charge in [0.25, 0.3) is 0 Å². The van der Waals surface area contributed by atoms with Gasteiger partial charge in [-0.05, 0) is 37.2 Å². The van der Waals surface area contributed by atoms with Crippen LogP contribution in [0.1, 0.15) is 25.5 Å². The highest BCUT2D eigenvalue weighted by Crippen LogP contribution is 2.29. The number of carbonyl (C=O) groups is 1. The summed E-state index contributed by atoms with van der Waals surface area (Å²) < 4.78 is 1.98. The Morgan fingerprint density at radius 1 is 1.25 bits per heavy atom. The first kappa shape index (κ1) is 13.1. The molecule has 2 heterocycles. The molecule has 0 radical (unpaired) electrons. The Labute approximate surface area is 121 Å². The molecule has 0 saturated carbocycles. The number of rotatable bonds is 3. The first-order valence-electron chi connectivity index (χ1n) is 6.65. The molecule has 0 aliphatic carbocycles. The van der Waals surface area contributed by atoms with Crippen LogP contribution in [0.3, 0.4) is 0 Å². The third-order valence-corrected chi connectivity index (χ3v) is 4.20. The fourth-order valence-electron chi connectivity index (χ4n) is 2.19. The highest BCUT2D eigenvalue weighted by molar-refractivity contribution is 8.13. The number of aryl methyl sites for hydroxylation is 1. The quantitative estimate of drug-likeness (QED) is 0.690. The second kappa shape index (κ2) is 5.25. The van der Waals surface area contributed by atoms with Gasteiger partial charge in [-0.25, -0.2) is 9.97 Å². The molecule has 0 N–H and O–H groups in total. The lowest BCUT2D eigenvalue weighted by Crippen LogP contribution is -1.93. The van der Waals surface area contributed by atoms with E-state index in [1.165, 1.54) is 11.8 Å². The molecule has 0 aliphatic heterocycles.